The monoisotopic (exact) mass is 374 g/mol. The highest BCUT2D eigenvalue weighted by Crippen LogP contribution is 2.17. The molecule has 146 valence electrons. The van der Waals surface area contributed by atoms with E-state index in [0.717, 1.165) is 36.6 Å². The van der Waals surface area contributed by atoms with Crippen molar-refractivity contribution in [2.24, 2.45) is 0 Å². The second-order valence-corrected chi connectivity index (χ2v) is 6.15. The lowest BCUT2D eigenvalue weighted by Gasteiger charge is -2.20. The van der Waals surface area contributed by atoms with Gasteiger partial charge in [-0.15, -0.1) is 0 Å². The minimum absolute atomic E-state index is 0.0442. The Labute approximate surface area is 160 Å². The second-order valence-electron chi connectivity index (χ2n) is 6.15. The molecule has 0 atom stereocenters. The highest BCUT2D eigenvalue weighted by molar-refractivity contribution is 5.78. The van der Waals surface area contributed by atoms with Crippen molar-refractivity contribution in [3.8, 4) is 11.5 Å². The predicted octanol–water partition coefficient (Wildman–Crippen LogP) is 3.24. The molecule has 1 N–H and O–H groups in total. The molecule has 0 aliphatic carbocycles. The standard InChI is InChI=1S/C21H27FN2O3/c1-3-24(13-4-14-27-20-11-9-19(26-2)10-12-20)16-21(25)23-15-17-5-7-18(22)8-6-17/h5-12H,3-4,13-16H2,1-2H3,(H,23,25). The van der Waals surface area contributed by atoms with Crippen molar-refractivity contribution >= 4 is 5.91 Å². The zero-order chi connectivity index (χ0) is 19.5. The van der Waals surface area contributed by atoms with Crippen LogP contribution in [0.1, 0.15) is 18.9 Å². The number of likely N-dealkylation sites (N-methyl/N-ethyl adjacent to an activating group) is 1. The van der Waals surface area contributed by atoms with E-state index in [-0.39, 0.29) is 11.7 Å². The third-order valence-electron chi connectivity index (χ3n) is 4.16. The van der Waals surface area contributed by atoms with Crippen molar-refractivity contribution in [3.05, 3.63) is 59.9 Å². The predicted molar refractivity (Wildman–Crippen MR) is 103 cm³/mol. The van der Waals surface area contributed by atoms with Crippen molar-refractivity contribution in [1.29, 1.82) is 0 Å². The summed E-state index contributed by atoms with van der Waals surface area (Å²) in [6, 6.07) is 13.6. The van der Waals surface area contributed by atoms with E-state index in [4.69, 9.17) is 9.47 Å². The SMILES string of the molecule is CCN(CCCOc1ccc(OC)cc1)CC(=O)NCc1ccc(F)cc1. The molecule has 2 aromatic rings. The average molecular weight is 374 g/mol. The molecule has 0 unspecified atom stereocenters. The molecule has 0 spiro atoms. The Bertz CT molecular complexity index is 690. The minimum atomic E-state index is -0.279. The minimum Gasteiger partial charge on any atom is -0.497 e. The molecule has 0 aromatic heterocycles. The van der Waals surface area contributed by atoms with Crippen LogP contribution in [0.2, 0.25) is 0 Å². The summed E-state index contributed by atoms with van der Waals surface area (Å²) < 4.78 is 23.7. The van der Waals surface area contributed by atoms with Crippen LogP contribution in [0.4, 0.5) is 4.39 Å². The molecule has 2 aromatic carbocycles. The van der Waals surface area contributed by atoms with Crippen LogP contribution in [-0.2, 0) is 11.3 Å². The lowest BCUT2D eigenvalue weighted by Crippen LogP contribution is -2.37. The maximum Gasteiger partial charge on any atom is 0.234 e. The van der Waals surface area contributed by atoms with Crippen LogP contribution in [0, 0.1) is 5.82 Å². The van der Waals surface area contributed by atoms with Crippen LogP contribution in [0.25, 0.3) is 0 Å². The first kappa shape index (κ1) is 20.7. The Kier molecular flexibility index (Phi) is 8.58. The van der Waals surface area contributed by atoms with Gasteiger partial charge in [-0.25, -0.2) is 4.39 Å². The molecule has 0 radical (unpaired) electrons. The third-order valence-corrected chi connectivity index (χ3v) is 4.16. The Morgan fingerprint density at radius 2 is 1.74 bits per heavy atom. The van der Waals surface area contributed by atoms with E-state index in [1.165, 1.54) is 12.1 Å². The molecule has 0 heterocycles. The van der Waals surface area contributed by atoms with Crippen LogP contribution >= 0.6 is 0 Å². The summed E-state index contributed by atoms with van der Waals surface area (Å²) in [6.45, 7) is 4.90. The van der Waals surface area contributed by atoms with Gasteiger partial charge >= 0.3 is 0 Å². The fraction of sp³-hybridized carbons (Fsp3) is 0.381. The zero-order valence-corrected chi connectivity index (χ0v) is 15.9. The number of carbonyl (C=O) groups is 1. The maximum atomic E-state index is 12.9. The van der Waals surface area contributed by atoms with Crippen molar-refractivity contribution < 1.29 is 18.7 Å². The Morgan fingerprint density at radius 1 is 1.07 bits per heavy atom. The number of hydrogen-bond donors (Lipinski definition) is 1. The molecule has 27 heavy (non-hydrogen) atoms. The van der Waals surface area contributed by atoms with Gasteiger partial charge in [-0.2, -0.15) is 0 Å². The Hall–Kier alpha value is -2.60. The third kappa shape index (κ3) is 7.66. The van der Waals surface area contributed by atoms with E-state index in [1.807, 2.05) is 31.2 Å². The lowest BCUT2D eigenvalue weighted by atomic mass is 10.2. The van der Waals surface area contributed by atoms with Crippen molar-refractivity contribution in [2.75, 3.05) is 33.4 Å². The van der Waals surface area contributed by atoms with Gasteiger partial charge in [-0.1, -0.05) is 19.1 Å². The van der Waals surface area contributed by atoms with E-state index in [2.05, 4.69) is 10.2 Å². The summed E-state index contributed by atoms with van der Waals surface area (Å²) in [6.07, 6.45) is 0.825. The lowest BCUT2D eigenvalue weighted by molar-refractivity contribution is -0.122. The van der Waals surface area contributed by atoms with E-state index < -0.39 is 0 Å². The molecule has 0 aliphatic rings. The number of ether oxygens (including phenoxy) is 2. The Balaban J connectivity index is 1.64. The molecule has 5 nitrogen and oxygen atoms in total. The molecule has 6 heteroatoms. The topological polar surface area (TPSA) is 50.8 Å². The normalized spacial score (nSPS) is 10.7. The summed E-state index contributed by atoms with van der Waals surface area (Å²) in [4.78, 5) is 14.2. The maximum absolute atomic E-state index is 12.9. The molecule has 0 saturated carbocycles. The number of hydrogen-bond acceptors (Lipinski definition) is 4. The molecule has 0 fully saturated rings. The van der Waals surface area contributed by atoms with Crippen molar-refractivity contribution in [1.82, 2.24) is 10.2 Å². The van der Waals surface area contributed by atoms with Gasteiger partial charge < -0.3 is 14.8 Å². The Morgan fingerprint density at radius 3 is 2.37 bits per heavy atom. The second kappa shape index (κ2) is 11.2. The number of methoxy groups -OCH3 is 1. The summed E-state index contributed by atoms with van der Waals surface area (Å²) in [5, 5.41) is 2.86. The summed E-state index contributed by atoms with van der Waals surface area (Å²) >= 11 is 0. The van der Waals surface area contributed by atoms with Crippen LogP contribution in [0.15, 0.2) is 48.5 Å². The fourth-order valence-corrected chi connectivity index (χ4v) is 2.56. The van der Waals surface area contributed by atoms with E-state index >= 15 is 0 Å². The van der Waals surface area contributed by atoms with Crippen molar-refractivity contribution in [2.45, 2.75) is 19.9 Å². The number of carbonyl (C=O) groups excluding carboxylic acids is 1. The van der Waals surface area contributed by atoms with E-state index in [9.17, 15) is 9.18 Å². The number of amides is 1. The van der Waals surface area contributed by atoms with Gasteiger partial charge in [0.2, 0.25) is 5.91 Å². The first-order valence-electron chi connectivity index (χ1n) is 9.11. The quantitative estimate of drug-likeness (QED) is 0.614. The van der Waals surface area contributed by atoms with Gasteiger partial charge in [0.15, 0.2) is 0 Å². The number of nitrogens with zero attached hydrogens (tertiary/aromatic N) is 1. The van der Waals surface area contributed by atoms with Gasteiger partial charge in [0.25, 0.3) is 0 Å². The highest BCUT2D eigenvalue weighted by Gasteiger charge is 2.09. The van der Waals surface area contributed by atoms with Crippen LogP contribution in [0.3, 0.4) is 0 Å². The van der Waals surface area contributed by atoms with E-state index in [1.54, 1.807) is 19.2 Å². The average Bonchev–Trinajstić information content (AvgIpc) is 2.70. The smallest absolute Gasteiger partial charge is 0.234 e. The molecule has 1 amide bonds. The number of nitrogens with one attached hydrogen (secondary N) is 1. The largest absolute Gasteiger partial charge is 0.497 e. The number of halogens is 1. The molecule has 0 saturated heterocycles. The zero-order valence-electron chi connectivity index (χ0n) is 15.9. The van der Waals surface area contributed by atoms with Gasteiger partial charge in [-0.3, -0.25) is 9.69 Å². The van der Waals surface area contributed by atoms with Crippen LogP contribution in [-0.4, -0.2) is 44.2 Å². The van der Waals surface area contributed by atoms with Crippen molar-refractivity contribution in [3.63, 3.8) is 0 Å². The fourth-order valence-electron chi connectivity index (χ4n) is 2.56. The molecule has 0 aliphatic heterocycles. The van der Waals surface area contributed by atoms with Gasteiger partial charge in [0, 0.05) is 13.1 Å². The first-order chi connectivity index (χ1) is 13.1. The van der Waals surface area contributed by atoms with Gasteiger partial charge in [0.1, 0.15) is 17.3 Å². The van der Waals surface area contributed by atoms with Crippen LogP contribution in [0.5, 0.6) is 11.5 Å². The highest BCUT2D eigenvalue weighted by atomic mass is 19.1. The van der Waals surface area contributed by atoms with Gasteiger partial charge in [0.05, 0.1) is 20.3 Å². The summed E-state index contributed by atoms with van der Waals surface area (Å²) in [7, 11) is 1.63. The van der Waals surface area contributed by atoms with E-state index in [0.29, 0.717) is 19.7 Å². The molecule has 2 rings (SSSR count). The molecular formula is C21H27FN2O3. The molecular weight excluding hydrogens is 347 g/mol. The number of benzene rings is 2. The first-order valence-corrected chi connectivity index (χ1v) is 9.11. The summed E-state index contributed by atoms with van der Waals surface area (Å²) in [5.74, 6) is 1.28. The number of rotatable bonds is 11. The molecule has 0 bridgehead atoms. The van der Waals surface area contributed by atoms with Crippen LogP contribution < -0.4 is 14.8 Å². The summed E-state index contributed by atoms with van der Waals surface area (Å²) in [5.41, 5.74) is 0.876. The van der Waals surface area contributed by atoms with Gasteiger partial charge in [-0.05, 0) is 54.9 Å².